The Labute approximate surface area is 160 Å². The third-order valence-electron chi connectivity index (χ3n) is 3.35. The van der Waals surface area contributed by atoms with Crippen molar-refractivity contribution in [2.75, 3.05) is 20.2 Å². The molecule has 0 amide bonds. The molecule has 0 fully saturated rings. The number of aromatic nitrogens is 2. The standard InChI is InChI=1S/C16H24BrN5O2S/c1-5-18-16(22(4)10-12-7-8-13(17)25-12)19-9-14-20-15(21-24-14)11(3)23-6-2/h7-8,11H,5-6,9-10H2,1-4H3,(H,18,19). The molecule has 0 radical (unpaired) electrons. The minimum absolute atomic E-state index is 0.181. The number of nitrogens with zero attached hydrogens (tertiary/aromatic N) is 4. The van der Waals surface area contributed by atoms with Gasteiger partial charge in [0.05, 0.1) is 10.3 Å². The van der Waals surface area contributed by atoms with Crippen molar-refractivity contribution < 1.29 is 9.26 Å². The molecule has 0 aliphatic carbocycles. The zero-order valence-corrected chi connectivity index (χ0v) is 17.4. The van der Waals surface area contributed by atoms with Gasteiger partial charge in [-0.3, -0.25) is 0 Å². The van der Waals surface area contributed by atoms with E-state index in [2.05, 4.69) is 53.4 Å². The SMILES string of the molecule is CCNC(=NCc1nc(C(C)OCC)no1)N(C)Cc1ccc(Br)s1. The van der Waals surface area contributed by atoms with Crippen LogP contribution in [-0.4, -0.2) is 41.2 Å². The van der Waals surface area contributed by atoms with Crippen LogP contribution < -0.4 is 5.32 Å². The predicted octanol–water partition coefficient (Wildman–Crippen LogP) is 3.59. The summed E-state index contributed by atoms with van der Waals surface area (Å²) in [7, 11) is 2.01. The van der Waals surface area contributed by atoms with Gasteiger partial charge < -0.3 is 19.5 Å². The number of rotatable bonds is 8. The first-order chi connectivity index (χ1) is 12.0. The lowest BCUT2D eigenvalue weighted by molar-refractivity contribution is 0.0683. The molecule has 1 unspecified atom stereocenters. The summed E-state index contributed by atoms with van der Waals surface area (Å²) in [5.41, 5.74) is 0. The van der Waals surface area contributed by atoms with Gasteiger partial charge in [-0.1, -0.05) is 5.16 Å². The van der Waals surface area contributed by atoms with E-state index in [1.165, 1.54) is 4.88 Å². The second-order valence-electron chi connectivity index (χ2n) is 5.38. The topological polar surface area (TPSA) is 75.8 Å². The zero-order valence-electron chi connectivity index (χ0n) is 15.0. The van der Waals surface area contributed by atoms with Gasteiger partial charge in [0.15, 0.2) is 11.8 Å². The lowest BCUT2D eigenvalue weighted by atomic mass is 10.4. The van der Waals surface area contributed by atoms with Gasteiger partial charge in [-0.05, 0) is 48.8 Å². The molecule has 1 atom stereocenters. The molecule has 9 heteroatoms. The minimum atomic E-state index is -0.181. The molecule has 2 aromatic heterocycles. The molecule has 0 aliphatic heterocycles. The van der Waals surface area contributed by atoms with Crippen molar-refractivity contribution in [1.82, 2.24) is 20.4 Å². The Morgan fingerprint density at radius 2 is 2.28 bits per heavy atom. The second kappa shape index (κ2) is 9.88. The van der Waals surface area contributed by atoms with E-state index in [9.17, 15) is 0 Å². The molecule has 25 heavy (non-hydrogen) atoms. The number of hydrogen-bond donors (Lipinski definition) is 1. The molecule has 0 spiro atoms. The molecule has 7 nitrogen and oxygen atoms in total. The third kappa shape index (κ3) is 6.09. The molecule has 2 heterocycles. The second-order valence-corrected chi connectivity index (χ2v) is 7.92. The quantitative estimate of drug-likeness (QED) is 0.510. The molecule has 0 bridgehead atoms. The monoisotopic (exact) mass is 429 g/mol. The average Bonchev–Trinajstić information content (AvgIpc) is 3.20. The number of nitrogens with one attached hydrogen (secondary N) is 1. The Hall–Kier alpha value is -1.45. The van der Waals surface area contributed by atoms with E-state index in [4.69, 9.17) is 9.26 Å². The number of halogens is 1. The number of guanidine groups is 1. The van der Waals surface area contributed by atoms with Crippen molar-refractivity contribution in [2.24, 2.45) is 4.99 Å². The lowest BCUT2D eigenvalue weighted by Gasteiger charge is -2.21. The lowest BCUT2D eigenvalue weighted by Crippen LogP contribution is -2.38. The molecule has 0 aromatic carbocycles. The summed E-state index contributed by atoms with van der Waals surface area (Å²) in [5.74, 6) is 1.82. The van der Waals surface area contributed by atoms with Crippen LogP contribution in [0.5, 0.6) is 0 Å². The average molecular weight is 430 g/mol. The molecule has 0 saturated carbocycles. The summed E-state index contributed by atoms with van der Waals surface area (Å²) in [4.78, 5) is 12.3. The summed E-state index contributed by atoms with van der Waals surface area (Å²) in [5, 5.41) is 7.24. The first-order valence-electron chi connectivity index (χ1n) is 8.21. The van der Waals surface area contributed by atoms with Crippen LogP contribution in [0.1, 0.15) is 43.5 Å². The van der Waals surface area contributed by atoms with Crippen LogP contribution in [0.3, 0.4) is 0 Å². The minimum Gasteiger partial charge on any atom is -0.371 e. The molecular weight excluding hydrogens is 406 g/mol. The van der Waals surface area contributed by atoms with Gasteiger partial charge in [-0.15, -0.1) is 11.3 Å². The van der Waals surface area contributed by atoms with Crippen LogP contribution >= 0.6 is 27.3 Å². The fourth-order valence-electron chi connectivity index (χ4n) is 2.18. The van der Waals surface area contributed by atoms with E-state index in [1.807, 2.05) is 27.8 Å². The molecular formula is C16H24BrN5O2S. The van der Waals surface area contributed by atoms with Crippen LogP contribution in [0.25, 0.3) is 0 Å². The highest BCUT2D eigenvalue weighted by Gasteiger charge is 2.14. The number of thiophene rings is 1. The Morgan fingerprint density at radius 1 is 1.48 bits per heavy atom. The molecule has 2 aromatic rings. The highest BCUT2D eigenvalue weighted by atomic mass is 79.9. The first-order valence-corrected chi connectivity index (χ1v) is 9.82. The molecule has 2 rings (SSSR count). The van der Waals surface area contributed by atoms with Gasteiger partial charge in [0.2, 0.25) is 5.89 Å². The Kier molecular flexibility index (Phi) is 7.86. The predicted molar refractivity (Wildman–Crippen MR) is 103 cm³/mol. The molecule has 0 aliphatic rings. The van der Waals surface area contributed by atoms with Crippen LogP contribution in [0.2, 0.25) is 0 Å². The smallest absolute Gasteiger partial charge is 0.248 e. The van der Waals surface area contributed by atoms with Crippen LogP contribution in [0.4, 0.5) is 0 Å². The largest absolute Gasteiger partial charge is 0.371 e. The Balaban J connectivity index is 2.01. The van der Waals surface area contributed by atoms with E-state index in [1.54, 1.807) is 11.3 Å². The normalized spacial score (nSPS) is 13.1. The maximum Gasteiger partial charge on any atom is 0.248 e. The first kappa shape index (κ1) is 19.9. The van der Waals surface area contributed by atoms with Gasteiger partial charge in [0.25, 0.3) is 0 Å². The van der Waals surface area contributed by atoms with Crippen molar-refractivity contribution in [3.05, 3.63) is 32.5 Å². The van der Waals surface area contributed by atoms with Crippen molar-refractivity contribution >= 4 is 33.2 Å². The van der Waals surface area contributed by atoms with E-state index in [0.29, 0.717) is 24.9 Å². The van der Waals surface area contributed by atoms with E-state index < -0.39 is 0 Å². The number of aliphatic imine (C=N–C) groups is 1. The van der Waals surface area contributed by atoms with Crippen molar-refractivity contribution in [3.63, 3.8) is 0 Å². The van der Waals surface area contributed by atoms with Crippen LogP contribution in [0, 0.1) is 0 Å². The Bertz CT molecular complexity index is 688. The van der Waals surface area contributed by atoms with Gasteiger partial charge in [0.1, 0.15) is 12.6 Å². The maximum absolute atomic E-state index is 5.47. The fourth-order valence-corrected chi connectivity index (χ4v) is 3.72. The highest BCUT2D eigenvalue weighted by molar-refractivity contribution is 9.11. The zero-order chi connectivity index (χ0) is 18.2. The summed E-state index contributed by atoms with van der Waals surface area (Å²) < 4.78 is 11.9. The molecule has 138 valence electrons. The summed E-state index contributed by atoms with van der Waals surface area (Å²) in [6.07, 6.45) is -0.181. The van der Waals surface area contributed by atoms with Gasteiger partial charge >= 0.3 is 0 Å². The maximum atomic E-state index is 5.47. The van der Waals surface area contributed by atoms with Crippen molar-refractivity contribution in [3.8, 4) is 0 Å². The summed E-state index contributed by atoms with van der Waals surface area (Å²) >= 11 is 5.21. The summed E-state index contributed by atoms with van der Waals surface area (Å²) in [6.45, 7) is 8.38. The summed E-state index contributed by atoms with van der Waals surface area (Å²) in [6, 6.07) is 4.16. The van der Waals surface area contributed by atoms with Gasteiger partial charge in [-0.25, -0.2) is 4.99 Å². The number of hydrogen-bond acceptors (Lipinski definition) is 6. The van der Waals surface area contributed by atoms with Gasteiger partial charge in [0, 0.05) is 25.1 Å². The highest BCUT2D eigenvalue weighted by Crippen LogP contribution is 2.23. The van der Waals surface area contributed by atoms with Crippen molar-refractivity contribution in [2.45, 2.75) is 40.0 Å². The fraction of sp³-hybridized carbons (Fsp3) is 0.562. The molecule has 1 N–H and O–H groups in total. The number of ether oxygens (including phenoxy) is 1. The van der Waals surface area contributed by atoms with Crippen molar-refractivity contribution in [1.29, 1.82) is 0 Å². The van der Waals surface area contributed by atoms with E-state index in [-0.39, 0.29) is 6.10 Å². The molecule has 0 saturated heterocycles. The van der Waals surface area contributed by atoms with Crippen LogP contribution in [0.15, 0.2) is 25.4 Å². The Morgan fingerprint density at radius 3 is 2.92 bits per heavy atom. The van der Waals surface area contributed by atoms with Crippen LogP contribution in [-0.2, 0) is 17.8 Å². The third-order valence-corrected chi connectivity index (χ3v) is 4.95. The van der Waals surface area contributed by atoms with E-state index in [0.717, 1.165) is 22.8 Å². The van der Waals surface area contributed by atoms with Gasteiger partial charge in [-0.2, -0.15) is 4.98 Å². The van der Waals surface area contributed by atoms with E-state index >= 15 is 0 Å².